The molecule has 0 fully saturated rings. The van der Waals surface area contributed by atoms with Crippen molar-refractivity contribution in [1.29, 1.82) is 0 Å². The highest BCUT2D eigenvalue weighted by Crippen LogP contribution is 2.15. The highest BCUT2D eigenvalue weighted by Gasteiger charge is 2.21. The van der Waals surface area contributed by atoms with Crippen LogP contribution in [0.3, 0.4) is 0 Å². The first-order valence-electron chi connectivity index (χ1n) is 7.90. The topological polar surface area (TPSA) is 91.9 Å². The van der Waals surface area contributed by atoms with Gasteiger partial charge in [-0.05, 0) is 12.0 Å². The number of hydrogen-bond donors (Lipinski definition) is 3. The van der Waals surface area contributed by atoms with Crippen molar-refractivity contribution in [3.63, 3.8) is 0 Å². The van der Waals surface area contributed by atoms with Gasteiger partial charge in [0.2, 0.25) is 5.88 Å². The van der Waals surface area contributed by atoms with Crippen molar-refractivity contribution in [2.24, 2.45) is 0 Å². The van der Waals surface area contributed by atoms with Gasteiger partial charge in [-0.1, -0.05) is 13.0 Å². The lowest BCUT2D eigenvalue weighted by atomic mass is 10.1. The fraction of sp³-hybridized carbons (Fsp3) is 0.438. The molecule has 0 bridgehead atoms. The molecule has 0 saturated heterocycles. The van der Waals surface area contributed by atoms with Gasteiger partial charge in [-0.2, -0.15) is 5.10 Å². The van der Waals surface area contributed by atoms with Gasteiger partial charge in [0.15, 0.2) is 5.69 Å². The Kier molecular flexibility index (Phi) is 4.87. The zero-order valence-corrected chi connectivity index (χ0v) is 13.2. The molecule has 122 valence electrons. The van der Waals surface area contributed by atoms with Crippen molar-refractivity contribution in [1.82, 2.24) is 25.8 Å². The van der Waals surface area contributed by atoms with E-state index in [-0.39, 0.29) is 5.91 Å². The number of carbonyl (C=O) groups excluding carboxylic acids is 1. The van der Waals surface area contributed by atoms with E-state index in [1.807, 2.05) is 19.1 Å². The molecule has 1 aliphatic rings. The van der Waals surface area contributed by atoms with E-state index in [1.54, 1.807) is 6.20 Å². The minimum Gasteiger partial charge on any atom is -0.478 e. The molecule has 23 heavy (non-hydrogen) atoms. The Balaban J connectivity index is 1.57. The Morgan fingerprint density at radius 3 is 3.13 bits per heavy atom. The summed E-state index contributed by atoms with van der Waals surface area (Å²) in [5, 5.41) is 13.2. The average Bonchev–Trinajstić information content (AvgIpc) is 3.03. The van der Waals surface area contributed by atoms with Crippen LogP contribution in [0.1, 0.15) is 40.7 Å². The predicted molar refractivity (Wildman–Crippen MR) is 85.2 cm³/mol. The number of nitrogens with one attached hydrogen (secondary N) is 3. The summed E-state index contributed by atoms with van der Waals surface area (Å²) >= 11 is 0. The summed E-state index contributed by atoms with van der Waals surface area (Å²) in [6.07, 6.45) is 3.54. The van der Waals surface area contributed by atoms with Crippen LogP contribution in [-0.4, -0.2) is 34.2 Å². The highest BCUT2D eigenvalue weighted by molar-refractivity contribution is 5.93. The Morgan fingerprint density at radius 2 is 2.35 bits per heavy atom. The first kappa shape index (κ1) is 15.5. The Bertz CT molecular complexity index is 666. The molecule has 2 aromatic rings. The van der Waals surface area contributed by atoms with Crippen LogP contribution in [0.2, 0.25) is 0 Å². The predicted octanol–water partition coefficient (Wildman–Crippen LogP) is 1.17. The van der Waals surface area contributed by atoms with Gasteiger partial charge in [-0.15, -0.1) is 0 Å². The molecule has 0 radical (unpaired) electrons. The lowest BCUT2D eigenvalue weighted by Gasteiger charge is -2.12. The SMILES string of the molecule is CCCOc1ccc(CNC(=O)c2n[nH]c3c2CNCC3)cn1. The third kappa shape index (κ3) is 3.68. The zero-order valence-electron chi connectivity index (χ0n) is 13.2. The van der Waals surface area contributed by atoms with Gasteiger partial charge in [0.1, 0.15) is 0 Å². The van der Waals surface area contributed by atoms with E-state index >= 15 is 0 Å². The number of aromatic amines is 1. The van der Waals surface area contributed by atoms with E-state index in [0.29, 0.717) is 31.3 Å². The number of nitrogens with zero attached hydrogens (tertiary/aromatic N) is 2. The van der Waals surface area contributed by atoms with E-state index in [0.717, 1.165) is 36.2 Å². The second kappa shape index (κ2) is 7.23. The zero-order chi connectivity index (χ0) is 16.1. The maximum atomic E-state index is 12.3. The quantitative estimate of drug-likeness (QED) is 0.744. The van der Waals surface area contributed by atoms with Crippen LogP contribution >= 0.6 is 0 Å². The van der Waals surface area contributed by atoms with E-state index in [9.17, 15) is 4.79 Å². The molecular formula is C16H21N5O2. The lowest BCUT2D eigenvalue weighted by molar-refractivity contribution is 0.0944. The fourth-order valence-electron chi connectivity index (χ4n) is 2.49. The van der Waals surface area contributed by atoms with Gasteiger partial charge in [0.25, 0.3) is 5.91 Å². The molecule has 1 aliphatic heterocycles. The number of H-pyrrole nitrogens is 1. The summed E-state index contributed by atoms with van der Waals surface area (Å²) in [5.41, 5.74) is 3.41. The smallest absolute Gasteiger partial charge is 0.272 e. The monoisotopic (exact) mass is 315 g/mol. The van der Waals surface area contributed by atoms with Crippen molar-refractivity contribution >= 4 is 5.91 Å². The molecule has 0 saturated carbocycles. The second-order valence-electron chi connectivity index (χ2n) is 5.49. The van der Waals surface area contributed by atoms with Crippen LogP contribution in [0.15, 0.2) is 18.3 Å². The van der Waals surface area contributed by atoms with E-state index in [1.165, 1.54) is 0 Å². The molecule has 0 aromatic carbocycles. The average molecular weight is 315 g/mol. The normalized spacial score (nSPS) is 13.4. The molecule has 0 atom stereocenters. The Morgan fingerprint density at radius 1 is 1.43 bits per heavy atom. The van der Waals surface area contributed by atoms with Crippen LogP contribution in [0.25, 0.3) is 0 Å². The maximum Gasteiger partial charge on any atom is 0.272 e. The van der Waals surface area contributed by atoms with Crippen molar-refractivity contribution in [3.8, 4) is 5.88 Å². The van der Waals surface area contributed by atoms with Gasteiger partial charge < -0.3 is 15.4 Å². The van der Waals surface area contributed by atoms with Crippen molar-refractivity contribution in [2.75, 3.05) is 13.2 Å². The van der Waals surface area contributed by atoms with Gasteiger partial charge >= 0.3 is 0 Å². The van der Waals surface area contributed by atoms with Crippen molar-refractivity contribution in [2.45, 2.75) is 32.9 Å². The molecule has 7 heteroatoms. The molecule has 3 rings (SSSR count). The van der Waals surface area contributed by atoms with Crippen LogP contribution in [0, 0.1) is 0 Å². The van der Waals surface area contributed by atoms with E-state index in [2.05, 4.69) is 25.8 Å². The molecule has 0 spiro atoms. The van der Waals surface area contributed by atoms with Crippen LogP contribution in [-0.2, 0) is 19.5 Å². The van der Waals surface area contributed by atoms with E-state index < -0.39 is 0 Å². The summed E-state index contributed by atoms with van der Waals surface area (Å²) in [7, 11) is 0. The van der Waals surface area contributed by atoms with E-state index in [4.69, 9.17) is 4.74 Å². The summed E-state index contributed by atoms with van der Waals surface area (Å²) in [6.45, 7) is 4.71. The first-order chi connectivity index (χ1) is 11.3. The molecule has 3 heterocycles. The standard InChI is InChI=1S/C16H21N5O2/c1-2-7-23-14-4-3-11(8-18-14)9-19-16(22)15-12-10-17-6-5-13(12)20-21-15/h3-4,8,17H,2,5-7,9-10H2,1H3,(H,19,22)(H,20,21). The number of aromatic nitrogens is 3. The van der Waals surface area contributed by atoms with Crippen molar-refractivity contribution < 1.29 is 9.53 Å². The summed E-state index contributed by atoms with van der Waals surface area (Å²) < 4.78 is 5.44. The number of rotatable bonds is 6. The molecule has 2 aromatic heterocycles. The third-order valence-corrected chi connectivity index (χ3v) is 3.73. The summed E-state index contributed by atoms with van der Waals surface area (Å²) in [6, 6.07) is 3.72. The maximum absolute atomic E-state index is 12.3. The lowest BCUT2D eigenvalue weighted by Crippen LogP contribution is -2.28. The fourth-order valence-corrected chi connectivity index (χ4v) is 2.49. The Labute approximate surface area is 134 Å². The van der Waals surface area contributed by atoms with Crippen LogP contribution < -0.4 is 15.4 Å². The second-order valence-corrected chi connectivity index (χ2v) is 5.49. The third-order valence-electron chi connectivity index (χ3n) is 3.73. The number of pyridine rings is 1. The summed E-state index contributed by atoms with van der Waals surface area (Å²) in [5.74, 6) is 0.437. The molecule has 0 unspecified atom stereocenters. The van der Waals surface area contributed by atoms with Gasteiger partial charge in [-0.25, -0.2) is 4.98 Å². The molecule has 7 nitrogen and oxygen atoms in total. The first-order valence-corrected chi connectivity index (χ1v) is 7.90. The number of amides is 1. The number of fused-ring (bicyclic) bond motifs is 1. The largest absolute Gasteiger partial charge is 0.478 e. The highest BCUT2D eigenvalue weighted by atomic mass is 16.5. The summed E-state index contributed by atoms with van der Waals surface area (Å²) in [4.78, 5) is 16.5. The van der Waals surface area contributed by atoms with Gasteiger partial charge in [0, 0.05) is 49.6 Å². The number of ether oxygens (including phenoxy) is 1. The Hall–Kier alpha value is -2.41. The minimum absolute atomic E-state index is 0.169. The molecule has 3 N–H and O–H groups in total. The van der Waals surface area contributed by atoms with Crippen LogP contribution in [0.4, 0.5) is 0 Å². The van der Waals surface area contributed by atoms with Crippen molar-refractivity contribution in [3.05, 3.63) is 40.8 Å². The molecule has 0 aliphatic carbocycles. The van der Waals surface area contributed by atoms with Gasteiger partial charge in [-0.3, -0.25) is 9.89 Å². The number of carbonyl (C=O) groups is 1. The van der Waals surface area contributed by atoms with Gasteiger partial charge in [0.05, 0.1) is 6.61 Å². The molecular weight excluding hydrogens is 294 g/mol. The number of hydrogen-bond acceptors (Lipinski definition) is 5. The van der Waals surface area contributed by atoms with Crippen LogP contribution in [0.5, 0.6) is 5.88 Å². The molecule has 1 amide bonds. The minimum atomic E-state index is -0.169.